The molecular formula is C18H16F2N2O3S2. The van der Waals surface area contributed by atoms with Crippen LogP contribution in [0.3, 0.4) is 0 Å². The molecule has 0 spiro atoms. The molecule has 0 aliphatic rings. The fourth-order valence-corrected chi connectivity index (χ4v) is 4.43. The average molecular weight is 410 g/mol. The molecule has 5 nitrogen and oxygen atoms in total. The molecule has 3 aromatic rings. The normalized spacial score (nSPS) is 11.4. The van der Waals surface area contributed by atoms with E-state index < -0.39 is 21.7 Å². The minimum atomic E-state index is -3.78. The van der Waals surface area contributed by atoms with E-state index in [1.165, 1.54) is 24.4 Å². The lowest BCUT2D eigenvalue weighted by atomic mass is 10.1. The SMILES string of the molecule is CCOc1ccc(S(=O)(=O)Nc2ncc(Cc3ccc(F)c(F)c3)s2)cc1. The van der Waals surface area contributed by atoms with Crippen molar-refractivity contribution in [3.05, 3.63) is 70.7 Å². The maximum atomic E-state index is 13.3. The molecule has 2 aromatic carbocycles. The van der Waals surface area contributed by atoms with Gasteiger partial charge >= 0.3 is 0 Å². The summed E-state index contributed by atoms with van der Waals surface area (Å²) in [6, 6.07) is 9.69. The fraction of sp³-hybridized carbons (Fsp3) is 0.167. The van der Waals surface area contributed by atoms with E-state index in [1.54, 1.807) is 12.1 Å². The van der Waals surface area contributed by atoms with Crippen LogP contribution in [-0.4, -0.2) is 20.0 Å². The molecule has 1 heterocycles. The van der Waals surface area contributed by atoms with Crippen molar-refractivity contribution in [3.8, 4) is 5.75 Å². The van der Waals surface area contributed by atoms with Crippen LogP contribution >= 0.6 is 11.3 Å². The van der Waals surface area contributed by atoms with Crippen molar-refractivity contribution in [2.75, 3.05) is 11.3 Å². The van der Waals surface area contributed by atoms with Gasteiger partial charge in [-0.25, -0.2) is 22.2 Å². The Hall–Kier alpha value is -2.52. The van der Waals surface area contributed by atoms with E-state index in [9.17, 15) is 17.2 Å². The van der Waals surface area contributed by atoms with Gasteiger partial charge in [-0.2, -0.15) is 0 Å². The van der Waals surface area contributed by atoms with Gasteiger partial charge in [-0.3, -0.25) is 4.72 Å². The van der Waals surface area contributed by atoms with Crippen LogP contribution in [0.15, 0.2) is 53.6 Å². The quantitative estimate of drug-likeness (QED) is 0.634. The summed E-state index contributed by atoms with van der Waals surface area (Å²) in [7, 11) is -3.78. The molecule has 0 saturated heterocycles. The molecule has 0 radical (unpaired) electrons. The van der Waals surface area contributed by atoms with Crippen molar-refractivity contribution in [2.45, 2.75) is 18.2 Å². The molecular weight excluding hydrogens is 394 g/mol. The van der Waals surface area contributed by atoms with E-state index in [1.807, 2.05) is 6.92 Å². The summed E-state index contributed by atoms with van der Waals surface area (Å²) in [5.74, 6) is -1.25. The third-order valence-electron chi connectivity index (χ3n) is 3.58. The Morgan fingerprint density at radius 1 is 1.11 bits per heavy atom. The van der Waals surface area contributed by atoms with Crippen molar-refractivity contribution in [2.24, 2.45) is 0 Å². The van der Waals surface area contributed by atoms with E-state index >= 15 is 0 Å². The number of rotatable bonds is 7. The van der Waals surface area contributed by atoms with Crippen molar-refractivity contribution in [1.29, 1.82) is 0 Å². The van der Waals surface area contributed by atoms with Gasteiger partial charge in [0, 0.05) is 17.5 Å². The second-order valence-corrected chi connectivity index (χ2v) is 8.36. The first-order valence-corrected chi connectivity index (χ1v) is 10.3. The summed E-state index contributed by atoms with van der Waals surface area (Å²) in [5, 5.41) is 0.196. The number of nitrogens with zero attached hydrogens (tertiary/aromatic N) is 1. The Labute approximate surface area is 159 Å². The number of anilines is 1. The molecule has 0 saturated carbocycles. The van der Waals surface area contributed by atoms with Crippen LogP contribution in [0.4, 0.5) is 13.9 Å². The summed E-state index contributed by atoms with van der Waals surface area (Å²) in [5.41, 5.74) is 0.568. The number of aromatic nitrogens is 1. The third kappa shape index (κ3) is 4.81. The Kier molecular flexibility index (Phi) is 5.71. The number of benzene rings is 2. The van der Waals surface area contributed by atoms with Crippen molar-refractivity contribution in [3.63, 3.8) is 0 Å². The van der Waals surface area contributed by atoms with Gasteiger partial charge in [-0.1, -0.05) is 6.07 Å². The highest BCUT2D eigenvalue weighted by Crippen LogP contribution is 2.25. The van der Waals surface area contributed by atoms with E-state index in [-0.39, 0.29) is 10.0 Å². The zero-order valence-corrected chi connectivity index (χ0v) is 15.9. The molecule has 0 bridgehead atoms. The van der Waals surface area contributed by atoms with E-state index in [0.29, 0.717) is 29.2 Å². The number of hydrogen-bond acceptors (Lipinski definition) is 5. The van der Waals surface area contributed by atoms with Gasteiger partial charge in [0.2, 0.25) is 0 Å². The lowest BCUT2D eigenvalue weighted by molar-refractivity contribution is 0.340. The molecule has 27 heavy (non-hydrogen) atoms. The summed E-state index contributed by atoms with van der Waals surface area (Å²) in [4.78, 5) is 4.85. The molecule has 0 fully saturated rings. The first-order chi connectivity index (χ1) is 12.9. The average Bonchev–Trinajstić information content (AvgIpc) is 3.05. The molecule has 1 aromatic heterocycles. The van der Waals surface area contributed by atoms with Gasteiger partial charge in [-0.05, 0) is 48.9 Å². The van der Waals surface area contributed by atoms with Crippen LogP contribution in [0, 0.1) is 11.6 Å². The Morgan fingerprint density at radius 2 is 1.85 bits per heavy atom. The first kappa shape index (κ1) is 19.2. The van der Waals surface area contributed by atoms with E-state index in [2.05, 4.69) is 9.71 Å². The van der Waals surface area contributed by atoms with Crippen molar-refractivity contribution in [1.82, 2.24) is 4.98 Å². The zero-order valence-electron chi connectivity index (χ0n) is 14.3. The number of halogens is 2. The Bertz CT molecular complexity index is 1040. The highest BCUT2D eigenvalue weighted by atomic mass is 32.2. The summed E-state index contributed by atoms with van der Waals surface area (Å²) in [6.45, 7) is 2.33. The van der Waals surface area contributed by atoms with Crippen LogP contribution in [0.25, 0.3) is 0 Å². The largest absolute Gasteiger partial charge is 0.494 e. The second kappa shape index (κ2) is 8.01. The van der Waals surface area contributed by atoms with Crippen LogP contribution in [-0.2, 0) is 16.4 Å². The minimum Gasteiger partial charge on any atom is -0.494 e. The van der Waals surface area contributed by atoms with Gasteiger partial charge in [0.15, 0.2) is 16.8 Å². The molecule has 3 rings (SSSR count). The standard InChI is InChI=1S/C18H16F2N2O3S2/c1-2-25-13-4-6-15(7-5-13)27(23,24)22-18-21-11-14(26-18)9-12-3-8-16(19)17(20)10-12/h3-8,10-11H,2,9H2,1H3,(H,21,22). The molecule has 0 unspecified atom stereocenters. The van der Waals surface area contributed by atoms with Gasteiger partial charge in [0.25, 0.3) is 10.0 Å². The monoisotopic (exact) mass is 410 g/mol. The lowest BCUT2D eigenvalue weighted by Crippen LogP contribution is -2.12. The topological polar surface area (TPSA) is 68.3 Å². The smallest absolute Gasteiger partial charge is 0.263 e. The van der Waals surface area contributed by atoms with Crippen LogP contribution < -0.4 is 9.46 Å². The number of hydrogen-bond donors (Lipinski definition) is 1. The third-order valence-corrected chi connectivity index (χ3v) is 5.98. The molecule has 0 aliphatic heterocycles. The van der Waals surface area contributed by atoms with E-state index in [0.717, 1.165) is 23.5 Å². The lowest BCUT2D eigenvalue weighted by Gasteiger charge is -2.07. The molecule has 0 atom stereocenters. The zero-order chi connectivity index (χ0) is 19.4. The summed E-state index contributed by atoms with van der Waals surface area (Å²) < 4.78 is 58.9. The number of nitrogens with one attached hydrogen (secondary N) is 1. The van der Waals surface area contributed by atoms with Gasteiger partial charge < -0.3 is 4.74 Å². The Balaban J connectivity index is 1.71. The molecule has 0 amide bonds. The first-order valence-electron chi connectivity index (χ1n) is 8.01. The molecule has 1 N–H and O–H groups in total. The van der Waals surface area contributed by atoms with Crippen LogP contribution in [0.1, 0.15) is 17.4 Å². The van der Waals surface area contributed by atoms with Gasteiger partial charge in [0.1, 0.15) is 5.75 Å². The molecule has 9 heteroatoms. The second-order valence-electron chi connectivity index (χ2n) is 5.57. The fourth-order valence-electron chi connectivity index (χ4n) is 2.34. The number of ether oxygens (including phenoxy) is 1. The Morgan fingerprint density at radius 3 is 2.52 bits per heavy atom. The predicted octanol–water partition coefficient (Wildman–Crippen LogP) is 4.21. The number of sulfonamides is 1. The highest BCUT2D eigenvalue weighted by Gasteiger charge is 2.16. The van der Waals surface area contributed by atoms with Gasteiger partial charge in [0.05, 0.1) is 11.5 Å². The van der Waals surface area contributed by atoms with Crippen molar-refractivity contribution >= 4 is 26.5 Å². The van der Waals surface area contributed by atoms with Crippen LogP contribution in [0.2, 0.25) is 0 Å². The van der Waals surface area contributed by atoms with Crippen LogP contribution in [0.5, 0.6) is 5.75 Å². The van der Waals surface area contributed by atoms with Gasteiger partial charge in [-0.15, -0.1) is 11.3 Å². The highest BCUT2D eigenvalue weighted by molar-refractivity contribution is 7.93. The maximum Gasteiger partial charge on any atom is 0.263 e. The maximum absolute atomic E-state index is 13.3. The van der Waals surface area contributed by atoms with E-state index in [4.69, 9.17) is 4.74 Å². The summed E-state index contributed by atoms with van der Waals surface area (Å²) >= 11 is 1.13. The minimum absolute atomic E-state index is 0.0864. The molecule has 0 aliphatic carbocycles. The number of thiazole rings is 1. The van der Waals surface area contributed by atoms with Crippen molar-refractivity contribution < 1.29 is 21.9 Å². The molecule has 142 valence electrons. The summed E-state index contributed by atoms with van der Waals surface area (Å²) in [6.07, 6.45) is 1.82. The predicted molar refractivity (Wildman–Crippen MR) is 99.7 cm³/mol.